The molecule has 16 heavy (non-hydrogen) atoms. The highest BCUT2D eigenvalue weighted by Gasteiger charge is 2.19. The Morgan fingerprint density at radius 2 is 2.00 bits per heavy atom. The number of nitrogens with zero attached hydrogens (tertiary/aromatic N) is 2. The Hall–Kier alpha value is -0.410. The molecule has 1 heterocycles. The van der Waals surface area contributed by atoms with Crippen LogP contribution in [0.4, 0.5) is 0 Å². The lowest BCUT2D eigenvalue weighted by Gasteiger charge is -2.35. The predicted molar refractivity (Wildman–Crippen MR) is 67.7 cm³/mol. The van der Waals surface area contributed by atoms with E-state index in [1.807, 2.05) is 6.92 Å². The van der Waals surface area contributed by atoms with Gasteiger partial charge < -0.3 is 9.80 Å². The third-order valence-electron chi connectivity index (χ3n) is 3.67. The fourth-order valence-corrected chi connectivity index (χ4v) is 2.32. The molecule has 0 saturated carbocycles. The quantitative estimate of drug-likeness (QED) is 0.689. The second-order valence-corrected chi connectivity index (χ2v) is 5.01. The number of piperidine rings is 1. The van der Waals surface area contributed by atoms with Crippen LogP contribution in [0.5, 0.6) is 0 Å². The first-order chi connectivity index (χ1) is 7.63. The molecule has 1 fully saturated rings. The van der Waals surface area contributed by atoms with Gasteiger partial charge in [-0.25, -0.2) is 0 Å². The van der Waals surface area contributed by atoms with E-state index in [2.05, 4.69) is 23.9 Å². The number of carbonyl (C=O) groups excluding carboxylic acids is 1. The molecule has 0 aromatic rings. The predicted octanol–water partition coefficient (Wildman–Crippen LogP) is 1.77. The van der Waals surface area contributed by atoms with Crippen molar-refractivity contribution >= 4 is 5.78 Å². The highest BCUT2D eigenvalue weighted by molar-refractivity contribution is 5.77. The van der Waals surface area contributed by atoms with Gasteiger partial charge >= 0.3 is 0 Å². The van der Waals surface area contributed by atoms with Gasteiger partial charge in [-0.05, 0) is 53.0 Å². The minimum Gasteiger partial charge on any atom is -0.306 e. The lowest BCUT2D eigenvalue weighted by molar-refractivity contribution is -0.118. The zero-order chi connectivity index (χ0) is 12.0. The van der Waals surface area contributed by atoms with Crippen LogP contribution in [0.3, 0.4) is 0 Å². The standard InChI is InChI=1S/C13H26N2O/c1-4-13(16)6-5-9-15(3)12-7-10-14(2)11-8-12/h12H,4-11H2,1-3H3. The third kappa shape index (κ3) is 4.62. The molecule has 0 aliphatic carbocycles. The average molecular weight is 226 g/mol. The van der Waals surface area contributed by atoms with E-state index in [1.165, 1.54) is 25.9 Å². The fourth-order valence-electron chi connectivity index (χ4n) is 2.32. The van der Waals surface area contributed by atoms with Gasteiger partial charge in [0.15, 0.2) is 0 Å². The smallest absolute Gasteiger partial charge is 0.132 e. The van der Waals surface area contributed by atoms with E-state index < -0.39 is 0 Å². The normalized spacial score (nSPS) is 19.2. The molecule has 3 heteroatoms. The molecule has 1 aliphatic heterocycles. The van der Waals surface area contributed by atoms with Crippen LogP contribution in [0, 0.1) is 0 Å². The van der Waals surface area contributed by atoms with Gasteiger partial charge in [0.2, 0.25) is 0 Å². The molecule has 0 atom stereocenters. The summed E-state index contributed by atoms with van der Waals surface area (Å²) < 4.78 is 0. The Kier molecular flexibility index (Phi) is 5.99. The molecule has 0 aromatic carbocycles. The molecule has 0 N–H and O–H groups in total. The van der Waals surface area contributed by atoms with Crippen LogP contribution in [0.1, 0.15) is 39.0 Å². The molecule has 1 rings (SSSR count). The molecule has 0 spiro atoms. The zero-order valence-electron chi connectivity index (χ0n) is 11.0. The van der Waals surface area contributed by atoms with Crippen molar-refractivity contribution in [2.24, 2.45) is 0 Å². The van der Waals surface area contributed by atoms with E-state index in [4.69, 9.17) is 0 Å². The van der Waals surface area contributed by atoms with Gasteiger partial charge in [0.1, 0.15) is 5.78 Å². The Morgan fingerprint density at radius 1 is 1.38 bits per heavy atom. The summed E-state index contributed by atoms with van der Waals surface area (Å²) in [5, 5.41) is 0. The van der Waals surface area contributed by atoms with Crippen molar-refractivity contribution in [3.63, 3.8) is 0 Å². The highest BCUT2D eigenvalue weighted by Crippen LogP contribution is 2.14. The van der Waals surface area contributed by atoms with Gasteiger partial charge in [0.05, 0.1) is 0 Å². The first kappa shape index (κ1) is 13.7. The van der Waals surface area contributed by atoms with Crippen molar-refractivity contribution < 1.29 is 4.79 Å². The Bertz CT molecular complexity index is 210. The summed E-state index contributed by atoms with van der Waals surface area (Å²) in [7, 11) is 4.39. The number of rotatable bonds is 6. The summed E-state index contributed by atoms with van der Waals surface area (Å²) >= 11 is 0. The van der Waals surface area contributed by atoms with E-state index in [1.54, 1.807) is 0 Å². The molecule has 0 bridgehead atoms. The fraction of sp³-hybridized carbons (Fsp3) is 0.923. The molecule has 0 radical (unpaired) electrons. The third-order valence-corrected chi connectivity index (χ3v) is 3.67. The second-order valence-electron chi connectivity index (χ2n) is 5.01. The van der Waals surface area contributed by atoms with E-state index in [0.29, 0.717) is 12.2 Å². The topological polar surface area (TPSA) is 23.6 Å². The van der Waals surface area contributed by atoms with Crippen LogP contribution in [-0.4, -0.2) is 55.4 Å². The van der Waals surface area contributed by atoms with Gasteiger partial charge in [-0.1, -0.05) is 6.92 Å². The molecule has 3 nitrogen and oxygen atoms in total. The number of carbonyl (C=O) groups is 1. The van der Waals surface area contributed by atoms with Gasteiger partial charge in [0, 0.05) is 18.9 Å². The second kappa shape index (κ2) is 7.02. The largest absolute Gasteiger partial charge is 0.306 e. The number of hydrogen-bond donors (Lipinski definition) is 0. The van der Waals surface area contributed by atoms with Crippen molar-refractivity contribution in [1.29, 1.82) is 0 Å². The van der Waals surface area contributed by atoms with E-state index in [-0.39, 0.29) is 0 Å². The van der Waals surface area contributed by atoms with Crippen molar-refractivity contribution in [3.8, 4) is 0 Å². The number of likely N-dealkylation sites (tertiary alicyclic amines) is 1. The van der Waals surface area contributed by atoms with Crippen LogP contribution in [0.15, 0.2) is 0 Å². The zero-order valence-corrected chi connectivity index (χ0v) is 11.0. The summed E-state index contributed by atoms with van der Waals surface area (Å²) in [5.74, 6) is 0.400. The van der Waals surface area contributed by atoms with Crippen molar-refractivity contribution in [3.05, 3.63) is 0 Å². The average Bonchev–Trinajstić information content (AvgIpc) is 2.29. The maximum Gasteiger partial charge on any atom is 0.132 e. The molecular formula is C13H26N2O. The number of ketones is 1. The Labute approximate surface area is 99.8 Å². The van der Waals surface area contributed by atoms with Gasteiger partial charge in [-0.2, -0.15) is 0 Å². The number of hydrogen-bond acceptors (Lipinski definition) is 3. The Balaban J connectivity index is 2.14. The summed E-state index contributed by atoms with van der Waals surface area (Å²) in [6, 6.07) is 0.730. The first-order valence-corrected chi connectivity index (χ1v) is 6.54. The lowest BCUT2D eigenvalue weighted by atomic mass is 10.0. The Morgan fingerprint density at radius 3 is 2.56 bits per heavy atom. The molecular weight excluding hydrogens is 200 g/mol. The summed E-state index contributed by atoms with van der Waals surface area (Å²) in [5.41, 5.74) is 0. The van der Waals surface area contributed by atoms with E-state index in [0.717, 1.165) is 25.4 Å². The van der Waals surface area contributed by atoms with E-state index in [9.17, 15) is 4.79 Å². The van der Waals surface area contributed by atoms with Crippen LogP contribution in [-0.2, 0) is 4.79 Å². The maximum atomic E-state index is 11.2. The minimum absolute atomic E-state index is 0.400. The monoisotopic (exact) mass is 226 g/mol. The van der Waals surface area contributed by atoms with Gasteiger partial charge in [-0.15, -0.1) is 0 Å². The van der Waals surface area contributed by atoms with Gasteiger partial charge in [-0.3, -0.25) is 4.79 Å². The summed E-state index contributed by atoms with van der Waals surface area (Å²) in [6.07, 6.45) is 5.02. The van der Waals surface area contributed by atoms with Crippen molar-refractivity contribution in [1.82, 2.24) is 9.80 Å². The molecule has 1 saturated heterocycles. The molecule has 0 amide bonds. The SMILES string of the molecule is CCC(=O)CCCN(C)C1CCN(C)CC1. The lowest BCUT2D eigenvalue weighted by Crippen LogP contribution is -2.42. The van der Waals surface area contributed by atoms with Crippen LogP contribution < -0.4 is 0 Å². The molecule has 0 aromatic heterocycles. The summed E-state index contributed by atoms with van der Waals surface area (Å²) in [4.78, 5) is 16.0. The maximum absolute atomic E-state index is 11.2. The van der Waals surface area contributed by atoms with Crippen molar-refractivity contribution in [2.45, 2.75) is 45.1 Å². The molecule has 0 unspecified atom stereocenters. The van der Waals surface area contributed by atoms with Gasteiger partial charge in [0.25, 0.3) is 0 Å². The van der Waals surface area contributed by atoms with Crippen LogP contribution >= 0.6 is 0 Å². The minimum atomic E-state index is 0.400. The van der Waals surface area contributed by atoms with Crippen LogP contribution in [0.2, 0.25) is 0 Å². The van der Waals surface area contributed by atoms with E-state index >= 15 is 0 Å². The van der Waals surface area contributed by atoms with Crippen molar-refractivity contribution in [2.75, 3.05) is 33.7 Å². The first-order valence-electron chi connectivity index (χ1n) is 6.54. The number of Topliss-reactive ketones (excluding diaryl/α,β-unsaturated/α-hetero) is 1. The summed E-state index contributed by atoms with van der Waals surface area (Å²) in [6.45, 7) is 5.44. The highest BCUT2D eigenvalue weighted by atomic mass is 16.1. The molecule has 1 aliphatic rings. The van der Waals surface area contributed by atoms with Crippen LogP contribution in [0.25, 0.3) is 0 Å². The molecule has 94 valence electrons.